The molecule has 0 aliphatic carbocycles. The first-order valence-corrected chi connectivity index (χ1v) is 5.34. The molecular weight excluding hydrogens is 237 g/mol. The van der Waals surface area contributed by atoms with Gasteiger partial charge in [-0.2, -0.15) is 0 Å². The van der Waals surface area contributed by atoms with Crippen molar-refractivity contribution in [2.75, 3.05) is 5.43 Å². The Labute approximate surface area is 103 Å². The Morgan fingerprint density at radius 3 is 2.39 bits per heavy atom. The zero-order valence-corrected chi connectivity index (χ0v) is 9.98. The molecule has 0 fully saturated rings. The fraction of sp³-hybridized carbons (Fsp3) is 0.167. The molecule has 94 valence electrons. The minimum absolute atomic E-state index is 0.278. The molecule has 6 heteroatoms. The fourth-order valence-corrected chi connectivity index (χ4v) is 1.72. The molecule has 0 atom stereocenters. The van der Waals surface area contributed by atoms with Crippen molar-refractivity contribution in [3.05, 3.63) is 57.7 Å². The third kappa shape index (κ3) is 2.32. The van der Waals surface area contributed by atoms with Crippen molar-refractivity contribution in [2.45, 2.75) is 13.8 Å². The molecule has 0 saturated carbocycles. The molecule has 0 unspecified atom stereocenters. The number of nitro groups is 1. The van der Waals surface area contributed by atoms with E-state index >= 15 is 0 Å². The molecule has 1 N–H and O–H groups in total. The van der Waals surface area contributed by atoms with Crippen LogP contribution < -0.4 is 5.43 Å². The molecule has 0 saturated heterocycles. The highest BCUT2D eigenvalue weighted by Gasteiger charge is 2.10. The van der Waals surface area contributed by atoms with Crippen LogP contribution in [0.1, 0.15) is 11.4 Å². The normalized spacial score (nSPS) is 10.4. The molecule has 5 nitrogen and oxygen atoms in total. The number of benzene rings is 1. The van der Waals surface area contributed by atoms with Gasteiger partial charge in [-0.05, 0) is 32.0 Å². The van der Waals surface area contributed by atoms with Crippen LogP contribution in [0.2, 0.25) is 0 Å². The topological polar surface area (TPSA) is 60.1 Å². The summed E-state index contributed by atoms with van der Waals surface area (Å²) in [4.78, 5) is 10.0. The first kappa shape index (κ1) is 12.1. The van der Waals surface area contributed by atoms with E-state index in [1.165, 1.54) is 12.1 Å². The van der Waals surface area contributed by atoms with E-state index in [0.717, 1.165) is 17.5 Å². The lowest BCUT2D eigenvalue weighted by molar-refractivity contribution is -0.385. The lowest BCUT2D eigenvalue weighted by Gasteiger charge is -2.12. The van der Waals surface area contributed by atoms with Gasteiger partial charge in [0.05, 0.1) is 16.7 Å². The van der Waals surface area contributed by atoms with E-state index < -0.39 is 10.7 Å². The van der Waals surface area contributed by atoms with Crippen LogP contribution in [0, 0.1) is 29.8 Å². The number of aromatic nitrogens is 1. The van der Waals surface area contributed by atoms with Gasteiger partial charge in [-0.15, -0.1) is 0 Å². The number of nitrogens with zero attached hydrogens (tertiary/aromatic N) is 2. The van der Waals surface area contributed by atoms with Crippen molar-refractivity contribution >= 4 is 11.4 Å². The molecule has 0 aliphatic heterocycles. The van der Waals surface area contributed by atoms with Gasteiger partial charge in [-0.1, -0.05) is 0 Å². The number of hydrogen-bond acceptors (Lipinski definition) is 3. The molecule has 18 heavy (non-hydrogen) atoms. The summed E-state index contributed by atoms with van der Waals surface area (Å²) in [5.41, 5.74) is 4.85. The Hall–Kier alpha value is -2.37. The number of nitro benzene ring substituents is 1. The van der Waals surface area contributed by atoms with Crippen LogP contribution in [0.15, 0.2) is 30.3 Å². The molecular formula is C12H12FN3O2. The second-order valence-electron chi connectivity index (χ2n) is 4.02. The zero-order chi connectivity index (χ0) is 13.3. The standard InChI is InChI=1S/C12H12FN3O2/c1-8-3-4-9(2)15(8)14-11-5-10(13)6-12(7-11)16(17)18/h3-7,14H,1-2H3. The average molecular weight is 249 g/mol. The number of rotatable bonds is 3. The quantitative estimate of drug-likeness (QED) is 0.671. The molecule has 1 aromatic carbocycles. The van der Waals surface area contributed by atoms with E-state index in [9.17, 15) is 14.5 Å². The van der Waals surface area contributed by atoms with Crippen molar-refractivity contribution in [1.82, 2.24) is 4.68 Å². The molecule has 1 heterocycles. The van der Waals surface area contributed by atoms with E-state index in [-0.39, 0.29) is 5.69 Å². The molecule has 1 aromatic heterocycles. The van der Waals surface area contributed by atoms with Crippen molar-refractivity contribution < 1.29 is 9.31 Å². The third-order valence-corrected chi connectivity index (χ3v) is 2.61. The lowest BCUT2D eigenvalue weighted by atomic mass is 10.3. The number of nitrogens with one attached hydrogen (secondary N) is 1. The van der Waals surface area contributed by atoms with E-state index in [4.69, 9.17) is 0 Å². The maximum atomic E-state index is 13.3. The van der Waals surface area contributed by atoms with Gasteiger partial charge in [0, 0.05) is 17.5 Å². The summed E-state index contributed by atoms with van der Waals surface area (Å²) in [5.74, 6) is -0.644. The summed E-state index contributed by atoms with van der Waals surface area (Å²) in [6.45, 7) is 3.77. The maximum absolute atomic E-state index is 13.3. The summed E-state index contributed by atoms with van der Waals surface area (Å²) >= 11 is 0. The van der Waals surface area contributed by atoms with Gasteiger partial charge in [0.15, 0.2) is 0 Å². The average Bonchev–Trinajstić information content (AvgIpc) is 2.60. The molecule has 0 bridgehead atoms. The zero-order valence-electron chi connectivity index (χ0n) is 9.98. The SMILES string of the molecule is Cc1ccc(C)n1Nc1cc(F)cc([N+](=O)[O-])c1. The molecule has 0 spiro atoms. The van der Waals surface area contributed by atoms with Crippen LogP contribution in [-0.2, 0) is 0 Å². The van der Waals surface area contributed by atoms with Crippen molar-refractivity contribution in [2.24, 2.45) is 0 Å². The smallest absolute Gasteiger partial charge is 0.274 e. The monoisotopic (exact) mass is 249 g/mol. The molecule has 0 amide bonds. The summed E-state index contributed by atoms with van der Waals surface area (Å²) in [6, 6.07) is 7.19. The third-order valence-electron chi connectivity index (χ3n) is 2.61. The fourth-order valence-electron chi connectivity index (χ4n) is 1.72. The van der Waals surface area contributed by atoms with Gasteiger partial charge in [0.25, 0.3) is 5.69 Å². The number of anilines is 1. The number of non-ortho nitro benzene ring substituents is 1. The van der Waals surface area contributed by atoms with Crippen molar-refractivity contribution in [3.8, 4) is 0 Å². The van der Waals surface area contributed by atoms with Crippen LogP contribution >= 0.6 is 0 Å². The minimum Gasteiger partial charge on any atom is -0.294 e. The van der Waals surface area contributed by atoms with Crippen molar-refractivity contribution in [3.63, 3.8) is 0 Å². The van der Waals surface area contributed by atoms with Gasteiger partial charge >= 0.3 is 0 Å². The summed E-state index contributed by atoms with van der Waals surface area (Å²) in [6.07, 6.45) is 0. The number of halogens is 1. The van der Waals surface area contributed by atoms with E-state index in [0.29, 0.717) is 5.69 Å². The van der Waals surface area contributed by atoms with E-state index in [1.807, 2.05) is 26.0 Å². The highest BCUT2D eigenvalue weighted by Crippen LogP contribution is 2.21. The van der Waals surface area contributed by atoms with Crippen LogP contribution in [0.4, 0.5) is 15.8 Å². The van der Waals surface area contributed by atoms with Crippen LogP contribution in [-0.4, -0.2) is 9.60 Å². The Morgan fingerprint density at radius 1 is 1.22 bits per heavy atom. The van der Waals surface area contributed by atoms with E-state index in [1.54, 1.807) is 4.68 Å². The van der Waals surface area contributed by atoms with Gasteiger partial charge in [0.1, 0.15) is 5.82 Å². The maximum Gasteiger partial charge on any atom is 0.274 e. The van der Waals surface area contributed by atoms with Gasteiger partial charge in [-0.25, -0.2) is 4.39 Å². The summed E-state index contributed by atoms with van der Waals surface area (Å²) < 4.78 is 15.0. The molecule has 0 aliphatic rings. The second-order valence-corrected chi connectivity index (χ2v) is 4.02. The number of hydrogen-bond donors (Lipinski definition) is 1. The molecule has 2 rings (SSSR count). The van der Waals surface area contributed by atoms with Crippen molar-refractivity contribution in [1.29, 1.82) is 0 Å². The first-order chi connectivity index (χ1) is 8.47. The number of aryl methyl sites for hydroxylation is 2. The predicted molar refractivity (Wildman–Crippen MR) is 66.0 cm³/mol. The van der Waals surface area contributed by atoms with Crippen LogP contribution in [0.25, 0.3) is 0 Å². The Morgan fingerprint density at radius 2 is 1.83 bits per heavy atom. The predicted octanol–water partition coefficient (Wildman–Crippen LogP) is 3.03. The Balaban J connectivity index is 2.38. The highest BCUT2D eigenvalue weighted by atomic mass is 19.1. The Kier molecular flexibility index (Phi) is 3.01. The highest BCUT2D eigenvalue weighted by molar-refractivity contribution is 5.51. The van der Waals surface area contributed by atoms with Gasteiger partial charge < -0.3 is 0 Å². The van der Waals surface area contributed by atoms with Crippen LogP contribution in [0.3, 0.4) is 0 Å². The molecule has 2 aromatic rings. The summed E-state index contributed by atoms with van der Waals surface area (Å²) in [7, 11) is 0. The summed E-state index contributed by atoms with van der Waals surface area (Å²) in [5, 5.41) is 10.6. The van der Waals surface area contributed by atoms with Gasteiger partial charge in [0.2, 0.25) is 0 Å². The van der Waals surface area contributed by atoms with Crippen LogP contribution in [0.5, 0.6) is 0 Å². The lowest BCUT2D eigenvalue weighted by Crippen LogP contribution is -2.12. The van der Waals surface area contributed by atoms with Gasteiger partial charge in [-0.3, -0.25) is 20.2 Å². The first-order valence-electron chi connectivity index (χ1n) is 5.34. The largest absolute Gasteiger partial charge is 0.294 e. The Bertz CT molecular complexity index is 588. The molecule has 0 radical (unpaired) electrons. The minimum atomic E-state index is -0.644. The van der Waals surface area contributed by atoms with E-state index in [2.05, 4.69) is 5.43 Å². The second kappa shape index (κ2) is 4.48.